The lowest BCUT2D eigenvalue weighted by Gasteiger charge is -2.19. The van der Waals surface area contributed by atoms with Crippen molar-refractivity contribution in [1.82, 2.24) is 19.8 Å². The van der Waals surface area contributed by atoms with E-state index in [1.54, 1.807) is 12.5 Å². The van der Waals surface area contributed by atoms with Gasteiger partial charge < -0.3 is 25.7 Å². The second-order valence-corrected chi connectivity index (χ2v) is 6.50. The van der Waals surface area contributed by atoms with E-state index < -0.39 is 0 Å². The van der Waals surface area contributed by atoms with Crippen LogP contribution in [0, 0.1) is 10.8 Å². The van der Waals surface area contributed by atoms with Gasteiger partial charge in [0.25, 0.3) is 0 Å². The molecule has 8 heteroatoms. The number of allylic oxidation sites excluding steroid dienone is 4. The molecular weight excluding hydrogens is 378 g/mol. The Labute approximate surface area is 179 Å². The van der Waals surface area contributed by atoms with Crippen molar-refractivity contribution < 1.29 is 6.90 Å². The van der Waals surface area contributed by atoms with Crippen LogP contribution in [-0.4, -0.2) is 56.8 Å². The van der Waals surface area contributed by atoms with Gasteiger partial charge in [0.1, 0.15) is 0 Å². The largest absolute Gasteiger partial charge is 0.412 e. The number of imidazole rings is 1. The number of rotatable bonds is 13. The van der Waals surface area contributed by atoms with Crippen molar-refractivity contribution >= 4 is 24.0 Å². The van der Waals surface area contributed by atoms with Gasteiger partial charge in [-0.3, -0.25) is 10.4 Å². The Morgan fingerprint density at radius 1 is 1.43 bits per heavy atom. The van der Waals surface area contributed by atoms with Gasteiger partial charge in [-0.1, -0.05) is 24.8 Å². The second-order valence-electron chi connectivity index (χ2n) is 6.50. The maximum absolute atomic E-state index is 8.43. The number of aliphatic imine (C=N–C) groups is 1. The zero-order valence-corrected chi connectivity index (χ0v) is 17.3. The third kappa shape index (κ3) is 8.66. The first-order chi connectivity index (χ1) is 14.2. The molecule has 0 atom stereocenters. The van der Waals surface area contributed by atoms with E-state index in [1.807, 2.05) is 65.4 Å². The fourth-order valence-electron chi connectivity index (χ4n) is 2.52. The van der Waals surface area contributed by atoms with E-state index in [0.29, 0.717) is 24.8 Å². The third-order valence-corrected chi connectivity index (χ3v) is 4.22. The molecular formula is C22H33N7O. The van der Waals surface area contributed by atoms with Crippen LogP contribution >= 0.6 is 0 Å². The first-order valence-electron chi connectivity index (χ1n) is 9.58. The second kappa shape index (κ2) is 13.6. The zero-order chi connectivity index (χ0) is 20.9. The average Bonchev–Trinajstić information content (AvgIpc) is 3.44. The highest BCUT2D eigenvalue weighted by molar-refractivity contribution is 6.02. The molecule has 1 fully saturated rings. The maximum Gasteiger partial charge on any atom is 0.0986 e. The molecule has 8 nitrogen and oxygen atoms in total. The van der Waals surface area contributed by atoms with Crippen LogP contribution < -0.4 is 5.32 Å². The molecule has 1 heterocycles. The summed E-state index contributed by atoms with van der Waals surface area (Å²) in [4.78, 5) is 10.2. The first-order valence-corrected chi connectivity index (χ1v) is 9.58. The summed E-state index contributed by atoms with van der Waals surface area (Å²) in [5, 5.41) is 19.2. The van der Waals surface area contributed by atoms with Gasteiger partial charge in [-0.05, 0) is 43.7 Å². The molecule has 0 aliphatic heterocycles. The topological polar surface area (TPSA) is 125 Å². The van der Waals surface area contributed by atoms with Crippen LogP contribution in [0.15, 0.2) is 78.6 Å². The Balaban J connectivity index is 0.00000450. The van der Waals surface area contributed by atoms with Gasteiger partial charge in [-0.2, -0.15) is 0 Å². The Morgan fingerprint density at radius 3 is 2.83 bits per heavy atom. The number of hydrogen-bond donors (Lipinski definition) is 3. The van der Waals surface area contributed by atoms with Crippen molar-refractivity contribution in [2.45, 2.75) is 25.8 Å². The fourth-order valence-corrected chi connectivity index (χ4v) is 2.52. The number of hydrogen-bond acceptors (Lipinski definition) is 5. The summed E-state index contributed by atoms with van der Waals surface area (Å²) in [5.74, 6) is 0. The standard InChI is InChI=1S/C22H29N7.H2O.H2/c1-3-5-6-19(22(24)16-29(17-23)21-7-8-21)9-11-25-15-20(27-4-2)10-13-28-14-12-26-18-28;;/h3-6,9-14,17-18,21,23-25H,2,7-8,15-16H2,1H3;1H2;1H/b5-3-,11-9+,13-10+,19-6+,23-17?,24-22?,27-20?;;. The van der Waals surface area contributed by atoms with Crippen LogP contribution in [0.5, 0.6) is 0 Å². The zero-order valence-electron chi connectivity index (χ0n) is 17.3. The molecule has 162 valence electrons. The quantitative estimate of drug-likeness (QED) is 0.262. The lowest BCUT2D eigenvalue weighted by atomic mass is 10.1. The van der Waals surface area contributed by atoms with Crippen molar-refractivity contribution in [2.75, 3.05) is 13.1 Å². The highest BCUT2D eigenvalue weighted by atomic mass is 16.0. The molecule has 1 saturated carbocycles. The van der Waals surface area contributed by atoms with E-state index in [1.165, 1.54) is 12.5 Å². The Bertz CT molecular complexity index is 834. The summed E-state index contributed by atoms with van der Waals surface area (Å²) < 4.78 is 1.84. The van der Waals surface area contributed by atoms with E-state index in [-0.39, 0.29) is 6.90 Å². The van der Waals surface area contributed by atoms with Gasteiger partial charge in [-0.15, -0.1) is 0 Å². The molecule has 5 N–H and O–H groups in total. The molecule has 0 radical (unpaired) electrons. The Kier molecular flexibility index (Phi) is 11.1. The van der Waals surface area contributed by atoms with Crippen molar-refractivity contribution in [3.8, 4) is 0 Å². The van der Waals surface area contributed by atoms with E-state index >= 15 is 0 Å². The first kappa shape index (κ1) is 24.5. The van der Waals surface area contributed by atoms with Crippen molar-refractivity contribution in [1.29, 1.82) is 10.8 Å². The SMILES string of the molecule is C=CN=C(/C=C/n1ccnc1)CN/C=C/C(=C\C=C/C)C(=N)CN(C=N)C1CC1.O.[HH]. The molecule has 0 amide bonds. The Hall–Kier alpha value is -3.52. The molecule has 0 spiro atoms. The normalized spacial score (nSPS) is 14.8. The van der Waals surface area contributed by atoms with Gasteiger partial charge >= 0.3 is 0 Å². The molecule has 2 rings (SSSR count). The molecule has 1 aliphatic rings. The van der Waals surface area contributed by atoms with Gasteiger partial charge in [0.05, 0.1) is 37.2 Å². The van der Waals surface area contributed by atoms with Crippen LogP contribution in [0.3, 0.4) is 0 Å². The number of nitrogens with one attached hydrogen (secondary N) is 3. The van der Waals surface area contributed by atoms with E-state index in [2.05, 4.69) is 21.9 Å². The molecule has 0 aromatic carbocycles. The predicted octanol–water partition coefficient (Wildman–Crippen LogP) is 3.06. The molecule has 0 unspecified atom stereocenters. The number of aromatic nitrogens is 2. The molecule has 0 bridgehead atoms. The van der Waals surface area contributed by atoms with Gasteiger partial charge in [-0.25, -0.2) is 4.98 Å². The molecule has 1 aliphatic carbocycles. The minimum atomic E-state index is 0. The monoisotopic (exact) mass is 411 g/mol. The summed E-state index contributed by atoms with van der Waals surface area (Å²) in [5.41, 5.74) is 2.10. The fraction of sp³-hybridized carbons (Fsp3) is 0.273. The van der Waals surface area contributed by atoms with E-state index in [0.717, 1.165) is 24.1 Å². The van der Waals surface area contributed by atoms with E-state index in [9.17, 15) is 0 Å². The van der Waals surface area contributed by atoms with Crippen molar-refractivity contribution in [3.05, 3.63) is 73.7 Å². The summed E-state index contributed by atoms with van der Waals surface area (Å²) in [7, 11) is 0. The third-order valence-electron chi connectivity index (χ3n) is 4.22. The molecule has 1 aromatic heterocycles. The van der Waals surface area contributed by atoms with Gasteiger partial charge in [0, 0.05) is 32.3 Å². The number of nitrogens with zero attached hydrogens (tertiary/aromatic N) is 4. The highest BCUT2D eigenvalue weighted by Crippen LogP contribution is 2.25. The lowest BCUT2D eigenvalue weighted by Crippen LogP contribution is -2.30. The van der Waals surface area contributed by atoms with E-state index in [4.69, 9.17) is 10.8 Å². The van der Waals surface area contributed by atoms with Crippen LogP contribution in [-0.2, 0) is 0 Å². The highest BCUT2D eigenvalue weighted by Gasteiger charge is 2.27. The average molecular weight is 412 g/mol. The van der Waals surface area contributed by atoms with Crippen molar-refractivity contribution in [3.63, 3.8) is 0 Å². The van der Waals surface area contributed by atoms with Gasteiger partial charge in [0.2, 0.25) is 0 Å². The Morgan fingerprint density at radius 2 is 2.23 bits per heavy atom. The smallest absolute Gasteiger partial charge is 0.0986 e. The molecule has 30 heavy (non-hydrogen) atoms. The van der Waals surface area contributed by atoms with Crippen LogP contribution in [0.4, 0.5) is 0 Å². The maximum atomic E-state index is 8.43. The van der Waals surface area contributed by atoms with Crippen LogP contribution in [0.1, 0.15) is 21.2 Å². The van der Waals surface area contributed by atoms with Crippen LogP contribution in [0.2, 0.25) is 0 Å². The lowest BCUT2D eigenvalue weighted by molar-refractivity contribution is 0.475. The van der Waals surface area contributed by atoms with Crippen LogP contribution in [0.25, 0.3) is 6.20 Å². The molecule has 0 saturated heterocycles. The van der Waals surface area contributed by atoms with Gasteiger partial charge in [0.15, 0.2) is 0 Å². The molecule has 1 aromatic rings. The minimum Gasteiger partial charge on any atom is -0.412 e. The summed E-state index contributed by atoms with van der Waals surface area (Å²) >= 11 is 0. The summed E-state index contributed by atoms with van der Waals surface area (Å²) in [6, 6.07) is 0.415. The summed E-state index contributed by atoms with van der Waals surface area (Å²) in [6.45, 7) is 6.57. The predicted molar refractivity (Wildman–Crippen MR) is 127 cm³/mol. The summed E-state index contributed by atoms with van der Waals surface area (Å²) in [6.07, 6.45) is 23.5. The van der Waals surface area contributed by atoms with Crippen molar-refractivity contribution in [2.24, 2.45) is 4.99 Å². The minimum absolute atomic E-state index is 0.